The van der Waals surface area contributed by atoms with Gasteiger partial charge in [-0.1, -0.05) is 0 Å². The molecule has 0 atom stereocenters. The molecule has 2 fully saturated rings. The molecule has 0 unspecified atom stereocenters. The first-order valence-corrected chi connectivity index (χ1v) is 11.9. The molecule has 2 aliphatic heterocycles. The van der Waals surface area contributed by atoms with Crippen LogP contribution in [0.4, 0.5) is 5.69 Å². The van der Waals surface area contributed by atoms with E-state index in [-0.39, 0.29) is 5.91 Å². The van der Waals surface area contributed by atoms with Crippen LogP contribution < -0.4 is 5.32 Å². The predicted molar refractivity (Wildman–Crippen MR) is 125 cm³/mol. The third-order valence-corrected chi connectivity index (χ3v) is 6.69. The Labute approximate surface area is 188 Å². The van der Waals surface area contributed by atoms with E-state index in [1.807, 2.05) is 22.9 Å². The van der Waals surface area contributed by atoms with Crippen molar-refractivity contribution >= 4 is 37.9 Å². The minimum atomic E-state index is 0.0791. The molecule has 0 bridgehead atoms. The number of hydrogen-bond donors (Lipinski definition) is 1. The topological polar surface area (TPSA) is 48.1 Å². The second-order valence-corrected chi connectivity index (χ2v) is 8.66. The van der Waals surface area contributed by atoms with Gasteiger partial charge in [0.15, 0.2) is 0 Å². The number of anilines is 1. The fraction of sp³-hybridized carbons (Fsp3) is 0.565. The Morgan fingerprint density at radius 3 is 2.53 bits per heavy atom. The van der Waals surface area contributed by atoms with Crippen molar-refractivity contribution in [3.63, 3.8) is 0 Å². The molecule has 1 amide bonds. The number of amides is 1. The summed E-state index contributed by atoms with van der Waals surface area (Å²) in [5, 5.41) is 3.48. The van der Waals surface area contributed by atoms with Crippen molar-refractivity contribution in [2.45, 2.75) is 32.6 Å². The number of carbonyl (C=O) groups is 1. The van der Waals surface area contributed by atoms with Gasteiger partial charge in [-0.25, -0.2) is 0 Å². The minimum absolute atomic E-state index is 0.0791. The molecule has 2 aliphatic rings. The third-order valence-electron chi connectivity index (χ3n) is 5.65. The van der Waals surface area contributed by atoms with Crippen molar-refractivity contribution < 1.29 is 9.53 Å². The van der Waals surface area contributed by atoms with Crippen LogP contribution >= 0.6 is 0 Å². The van der Waals surface area contributed by atoms with Crippen LogP contribution in [0.2, 0.25) is 0 Å². The Morgan fingerprint density at radius 2 is 1.83 bits per heavy atom. The Bertz CT molecular complexity index is 744. The van der Waals surface area contributed by atoms with E-state index in [1.165, 1.54) is 12.8 Å². The summed E-state index contributed by atoms with van der Waals surface area (Å²) in [5.74, 6) is 0.0791. The second-order valence-electron chi connectivity index (χ2n) is 7.89. The number of benzene rings is 1. The van der Waals surface area contributed by atoms with E-state index in [0.29, 0.717) is 5.70 Å². The Hall–Kier alpha value is -1.66. The zero-order chi connectivity index (χ0) is 21.3. The molecule has 2 saturated heterocycles. The second kappa shape index (κ2) is 11.7. The average Bonchev–Trinajstić information content (AvgIpc) is 2.96. The monoisotopic (exact) mass is 478 g/mol. The Morgan fingerprint density at radius 1 is 1.10 bits per heavy atom. The van der Waals surface area contributed by atoms with Crippen molar-refractivity contribution in [1.29, 1.82) is 0 Å². The van der Waals surface area contributed by atoms with E-state index >= 15 is 0 Å². The molecule has 2 heterocycles. The van der Waals surface area contributed by atoms with Gasteiger partial charge in [-0.2, -0.15) is 0 Å². The molecular formula is C23H34N4O2Se. The number of unbranched alkanes of at least 4 members (excludes halogenated alkanes) is 3. The molecule has 0 aromatic heterocycles. The van der Waals surface area contributed by atoms with Crippen LogP contribution in [-0.4, -0.2) is 93.8 Å². The molecule has 0 spiro atoms. The van der Waals surface area contributed by atoms with Crippen molar-refractivity contribution in [3.05, 3.63) is 35.5 Å². The van der Waals surface area contributed by atoms with Gasteiger partial charge in [-0.05, 0) is 0 Å². The summed E-state index contributed by atoms with van der Waals surface area (Å²) >= 11 is 3.07. The number of hydrogen-bond acceptors (Lipinski definition) is 5. The van der Waals surface area contributed by atoms with Crippen LogP contribution in [0, 0.1) is 0 Å². The number of nitrogens with one attached hydrogen (secondary N) is 1. The van der Waals surface area contributed by atoms with Crippen molar-refractivity contribution in [3.8, 4) is 0 Å². The molecular weight excluding hydrogens is 443 g/mol. The summed E-state index contributed by atoms with van der Waals surface area (Å²) in [7, 11) is 1.95. The maximum absolute atomic E-state index is 12.9. The first kappa shape index (κ1) is 23.0. The number of carbonyl (C=O) groups excluding carboxylic acids is 1. The third kappa shape index (κ3) is 6.17. The zero-order valence-electron chi connectivity index (χ0n) is 18.2. The quantitative estimate of drug-likeness (QED) is 0.319. The predicted octanol–water partition coefficient (Wildman–Crippen LogP) is 2.38. The van der Waals surface area contributed by atoms with Gasteiger partial charge in [0.1, 0.15) is 0 Å². The number of nitrogens with zero attached hydrogens (tertiary/aromatic N) is 3. The number of rotatable bonds is 10. The van der Waals surface area contributed by atoms with Crippen molar-refractivity contribution in [2.75, 3.05) is 58.3 Å². The fourth-order valence-electron chi connectivity index (χ4n) is 3.74. The normalized spacial score (nSPS) is 19.2. The Balaban J connectivity index is 1.53. The van der Waals surface area contributed by atoms with E-state index in [0.717, 1.165) is 74.7 Å². The zero-order valence-corrected chi connectivity index (χ0v) is 19.9. The summed E-state index contributed by atoms with van der Waals surface area (Å²) in [4.78, 5) is 19.1. The van der Waals surface area contributed by atoms with E-state index < -0.39 is 0 Å². The van der Waals surface area contributed by atoms with Gasteiger partial charge in [0, 0.05) is 13.1 Å². The van der Waals surface area contributed by atoms with E-state index in [4.69, 9.17) is 4.74 Å². The van der Waals surface area contributed by atoms with Crippen LogP contribution in [0.25, 0.3) is 6.08 Å². The number of ether oxygens (including phenoxy) is 1. The van der Waals surface area contributed by atoms with Crippen LogP contribution in [0.15, 0.2) is 30.0 Å². The van der Waals surface area contributed by atoms with Crippen LogP contribution in [0.1, 0.15) is 38.2 Å². The Kier molecular flexibility index (Phi) is 8.94. The molecule has 164 valence electrons. The molecule has 30 heavy (non-hydrogen) atoms. The van der Waals surface area contributed by atoms with E-state index in [1.54, 1.807) is 0 Å². The standard InChI is InChI=1S/C23H34N4O2Se/c1-3-4-5-6-12-27-22(28)21(25(2)23(27)30)18-19-7-9-20(10-8-19)24-11-13-26-14-16-29-17-15-26/h7-10,18,24H,3-6,11-17H2,1-2H3/b21-18+. The summed E-state index contributed by atoms with van der Waals surface area (Å²) < 4.78 is 6.28. The number of likely N-dealkylation sites (N-methyl/N-ethyl adjacent to an activating group) is 1. The molecule has 1 N–H and O–H groups in total. The average molecular weight is 478 g/mol. The molecule has 6 nitrogen and oxygen atoms in total. The van der Waals surface area contributed by atoms with Crippen LogP contribution in [0.5, 0.6) is 0 Å². The molecule has 1 aromatic carbocycles. The molecule has 0 radical (unpaired) electrons. The summed E-state index contributed by atoms with van der Waals surface area (Å²) in [6.45, 7) is 8.61. The van der Waals surface area contributed by atoms with Gasteiger partial charge in [0.05, 0.1) is 13.2 Å². The first-order valence-electron chi connectivity index (χ1n) is 11.1. The van der Waals surface area contributed by atoms with Gasteiger partial charge < -0.3 is 4.74 Å². The molecule has 7 heteroatoms. The molecule has 1 aromatic rings. The van der Waals surface area contributed by atoms with Crippen molar-refractivity contribution in [1.82, 2.24) is 14.7 Å². The summed E-state index contributed by atoms with van der Waals surface area (Å²) in [5.41, 5.74) is 2.85. The summed E-state index contributed by atoms with van der Waals surface area (Å²) in [6, 6.07) is 8.29. The van der Waals surface area contributed by atoms with Gasteiger partial charge in [0.25, 0.3) is 0 Å². The molecule has 3 rings (SSSR count). The van der Waals surface area contributed by atoms with Gasteiger partial charge in [-0.3, -0.25) is 0 Å². The first-order chi connectivity index (χ1) is 14.6. The fourth-order valence-corrected chi connectivity index (χ4v) is 4.32. The molecule has 0 aliphatic carbocycles. The van der Waals surface area contributed by atoms with Gasteiger partial charge in [-0.15, -0.1) is 0 Å². The summed E-state index contributed by atoms with van der Waals surface area (Å²) in [6.07, 6.45) is 6.60. The van der Waals surface area contributed by atoms with Crippen LogP contribution in [0.3, 0.4) is 0 Å². The van der Waals surface area contributed by atoms with Gasteiger partial charge in [0.2, 0.25) is 0 Å². The maximum atomic E-state index is 12.9. The van der Waals surface area contributed by atoms with Gasteiger partial charge >= 0.3 is 158 Å². The van der Waals surface area contributed by atoms with Crippen molar-refractivity contribution in [2.24, 2.45) is 0 Å². The molecule has 0 saturated carbocycles. The SMILES string of the molecule is CCCCCCN1C(=O)/C(=C\c2ccc(NCCN3CCOCC3)cc2)N(C)C1=[Se]. The van der Waals surface area contributed by atoms with E-state index in [2.05, 4.69) is 57.0 Å². The number of morpholine rings is 1. The van der Waals surface area contributed by atoms with E-state index in [9.17, 15) is 4.79 Å². The van der Waals surface area contributed by atoms with Crippen LogP contribution in [-0.2, 0) is 9.53 Å².